The summed E-state index contributed by atoms with van der Waals surface area (Å²) in [6.07, 6.45) is 2.48. The fourth-order valence-electron chi connectivity index (χ4n) is 1.30. The van der Waals surface area contributed by atoms with Crippen LogP contribution in [0.3, 0.4) is 0 Å². The first-order chi connectivity index (χ1) is 10.5. The van der Waals surface area contributed by atoms with Gasteiger partial charge in [0.2, 0.25) is 0 Å². The van der Waals surface area contributed by atoms with Crippen LogP contribution in [-0.4, -0.2) is 36.3 Å². The van der Waals surface area contributed by atoms with E-state index in [1.807, 2.05) is 0 Å². The Bertz CT molecular complexity index is 650. The van der Waals surface area contributed by atoms with Gasteiger partial charge in [0.05, 0.1) is 13.3 Å². The fourth-order valence-corrected chi connectivity index (χ4v) is 1.53. The number of esters is 1. The average molecular weight is 325 g/mol. The Morgan fingerprint density at radius 2 is 2.05 bits per heavy atom. The van der Waals surface area contributed by atoms with Crippen molar-refractivity contribution < 1.29 is 13.9 Å². The normalized spacial score (nSPS) is 9.27. The minimum atomic E-state index is -0.558. The maximum atomic E-state index is 12.1. The second-order valence-corrected chi connectivity index (χ2v) is 4.19. The number of hydrogen-bond donors (Lipinski definition) is 2. The zero-order valence-corrected chi connectivity index (χ0v) is 12.7. The van der Waals surface area contributed by atoms with Gasteiger partial charge in [0.15, 0.2) is 16.7 Å². The van der Waals surface area contributed by atoms with Crippen molar-refractivity contribution >= 4 is 29.6 Å². The van der Waals surface area contributed by atoms with Gasteiger partial charge in [-0.05, 0) is 17.7 Å². The Hall–Kier alpha value is -2.54. The Labute approximate surface area is 131 Å². The molecule has 0 fully saturated rings. The molecule has 0 bridgehead atoms. The molecule has 0 aliphatic heterocycles. The van der Waals surface area contributed by atoms with Crippen molar-refractivity contribution in [2.75, 3.05) is 19.5 Å². The highest BCUT2D eigenvalue weighted by molar-refractivity contribution is 6.31. The summed E-state index contributed by atoms with van der Waals surface area (Å²) >= 11 is 5.69. The van der Waals surface area contributed by atoms with Crippen LogP contribution in [0.25, 0.3) is 0 Å². The van der Waals surface area contributed by atoms with Crippen LogP contribution in [0.1, 0.15) is 16.1 Å². The van der Waals surface area contributed by atoms with Gasteiger partial charge in [0.25, 0.3) is 0 Å². The summed E-state index contributed by atoms with van der Waals surface area (Å²) in [7, 11) is 2.93. The number of aromatic nitrogens is 2. The first kappa shape index (κ1) is 17.5. The number of nitrogens with zero attached hydrogens (tertiary/aromatic N) is 2. The van der Waals surface area contributed by atoms with E-state index in [0.29, 0.717) is 5.82 Å². The molecule has 116 valence electrons. The van der Waals surface area contributed by atoms with Gasteiger partial charge in [-0.25, -0.2) is 19.2 Å². The van der Waals surface area contributed by atoms with Crippen LogP contribution in [0.2, 0.25) is 5.15 Å². The van der Waals surface area contributed by atoms with Crippen molar-refractivity contribution in [3.8, 4) is 0 Å². The minimum Gasteiger partial charge on any atom is -0.464 e. The lowest BCUT2D eigenvalue weighted by atomic mass is 10.2. The van der Waals surface area contributed by atoms with E-state index < -0.39 is 5.97 Å². The Balaban J connectivity index is 0.000000235. The van der Waals surface area contributed by atoms with Crippen LogP contribution in [0, 0.1) is 11.2 Å². The van der Waals surface area contributed by atoms with Crippen LogP contribution in [0.4, 0.5) is 10.2 Å². The third-order valence-electron chi connectivity index (χ3n) is 2.40. The first-order valence-electron chi connectivity index (χ1n) is 6.06. The molecule has 2 N–H and O–H groups in total. The van der Waals surface area contributed by atoms with E-state index in [2.05, 4.69) is 20.0 Å². The maximum Gasteiger partial charge on any atom is 0.358 e. The van der Waals surface area contributed by atoms with E-state index in [1.54, 1.807) is 19.2 Å². The molecule has 0 radical (unpaired) electrons. The molecule has 6 nitrogen and oxygen atoms in total. The zero-order chi connectivity index (χ0) is 16.5. The molecular formula is C14H14ClFN4O2. The number of carbonyl (C=O) groups is 1. The van der Waals surface area contributed by atoms with Crippen molar-refractivity contribution in [1.29, 1.82) is 5.41 Å². The van der Waals surface area contributed by atoms with Crippen LogP contribution < -0.4 is 5.32 Å². The molecule has 0 aliphatic carbocycles. The first-order valence-corrected chi connectivity index (χ1v) is 6.44. The summed E-state index contributed by atoms with van der Waals surface area (Å²) in [5.41, 5.74) is 0.808. The minimum absolute atomic E-state index is 0.0894. The Morgan fingerprint density at radius 3 is 2.50 bits per heavy atom. The molecule has 1 heterocycles. The van der Waals surface area contributed by atoms with E-state index in [1.165, 1.54) is 31.7 Å². The summed E-state index contributed by atoms with van der Waals surface area (Å²) in [6.45, 7) is 0. The molecule has 0 atom stereocenters. The molecule has 1 aromatic carbocycles. The highest BCUT2D eigenvalue weighted by Gasteiger charge is 2.10. The third kappa shape index (κ3) is 5.10. The van der Waals surface area contributed by atoms with Gasteiger partial charge in [-0.3, -0.25) is 0 Å². The molecule has 22 heavy (non-hydrogen) atoms. The third-order valence-corrected chi connectivity index (χ3v) is 2.66. The summed E-state index contributed by atoms with van der Waals surface area (Å²) < 4.78 is 16.6. The molecule has 0 spiro atoms. The van der Waals surface area contributed by atoms with Crippen molar-refractivity contribution in [3.63, 3.8) is 0 Å². The molecule has 0 unspecified atom stereocenters. The van der Waals surface area contributed by atoms with Crippen molar-refractivity contribution in [2.45, 2.75) is 0 Å². The summed E-state index contributed by atoms with van der Waals surface area (Å²) in [5.74, 6) is -0.396. The van der Waals surface area contributed by atoms with Gasteiger partial charge in [-0.2, -0.15) is 0 Å². The predicted molar refractivity (Wildman–Crippen MR) is 82.2 cm³/mol. The van der Waals surface area contributed by atoms with Gasteiger partial charge in [0.1, 0.15) is 5.82 Å². The number of rotatable bonds is 3. The summed E-state index contributed by atoms with van der Waals surface area (Å²) in [6, 6.07) is 5.78. The van der Waals surface area contributed by atoms with E-state index in [0.717, 1.165) is 5.56 Å². The molecule has 1 aromatic heterocycles. The Morgan fingerprint density at radius 1 is 1.41 bits per heavy atom. The van der Waals surface area contributed by atoms with Crippen molar-refractivity contribution in [2.24, 2.45) is 0 Å². The number of carbonyl (C=O) groups excluding carboxylic acids is 1. The highest BCUT2D eigenvalue weighted by Crippen LogP contribution is 2.15. The second kappa shape index (κ2) is 8.68. The van der Waals surface area contributed by atoms with Gasteiger partial charge < -0.3 is 15.5 Å². The molecular weight excluding hydrogens is 311 g/mol. The molecule has 2 rings (SSSR count). The van der Waals surface area contributed by atoms with Crippen LogP contribution in [-0.2, 0) is 4.74 Å². The van der Waals surface area contributed by atoms with Crippen molar-refractivity contribution in [3.05, 3.63) is 52.7 Å². The second-order valence-electron chi connectivity index (χ2n) is 3.83. The number of hydrogen-bond acceptors (Lipinski definition) is 6. The molecule has 0 amide bonds. The molecule has 0 saturated carbocycles. The maximum absolute atomic E-state index is 12.1. The van der Waals surface area contributed by atoms with Gasteiger partial charge in [-0.1, -0.05) is 23.7 Å². The number of nitrogens with one attached hydrogen (secondary N) is 2. The molecule has 8 heteroatoms. The van der Waals surface area contributed by atoms with Gasteiger partial charge >= 0.3 is 5.97 Å². The monoisotopic (exact) mass is 324 g/mol. The van der Waals surface area contributed by atoms with Gasteiger partial charge in [-0.15, -0.1) is 0 Å². The average Bonchev–Trinajstić information content (AvgIpc) is 2.55. The van der Waals surface area contributed by atoms with E-state index in [4.69, 9.17) is 17.0 Å². The van der Waals surface area contributed by atoms with Crippen LogP contribution in [0.15, 0.2) is 30.5 Å². The van der Waals surface area contributed by atoms with Crippen LogP contribution in [0.5, 0.6) is 0 Å². The number of methoxy groups -OCH3 is 1. The predicted octanol–water partition coefficient (Wildman–Crippen LogP) is 2.78. The number of ether oxygens (including phenoxy) is 1. The van der Waals surface area contributed by atoms with Crippen LogP contribution >= 0.6 is 11.6 Å². The Kier molecular flexibility index (Phi) is 6.91. The molecule has 2 aromatic rings. The summed E-state index contributed by atoms with van der Waals surface area (Å²) in [4.78, 5) is 18.6. The number of halogens is 2. The lowest BCUT2D eigenvalue weighted by molar-refractivity contribution is 0.0593. The van der Waals surface area contributed by atoms with Gasteiger partial charge in [0, 0.05) is 13.3 Å². The largest absolute Gasteiger partial charge is 0.464 e. The summed E-state index contributed by atoms with van der Waals surface area (Å²) in [5, 5.41) is 9.63. The van der Waals surface area contributed by atoms with E-state index >= 15 is 0 Å². The lowest BCUT2D eigenvalue weighted by Crippen LogP contribution is -2.06. The smallest absolute Gasteiger partial charge is 0.358 e. The van der Waals surface area contributed by atoms with E-state index in [9.17, 15) is 9.18 Å². The van der Waals surface area contributed by atoms with E-state index in [-0.39, 0.29) is 16.7 Å². The lowest BCUT2D eigenvalue weighted by Gasteiger charge is -2.02. The molecule has 0 saturated heterocycles. The molecule has 0 aliphatic rings. The fraction of sp³-hybridized carbons (Fsp3) is 0.143. The standard InChI is InChI=1S/C7H8ClN3O2.C7H6FN/c1-9-6-5(8)11-4(3-10-6)7(12)13-2;8-7-3-1-6(5-9)2-4-7/h3H,1-2H3,(H,9,10);1-5,9H. The quantitative estimate of drug-likeness (QED) is 0.669. The number of anilines is 1. The topological polar surface area (TPSA) is 88.0 Å². The highest BCUT2D eigenvalue weighted by atomic mass is 35.5. The van der Waals surface area contributed by atoms with Crippen molar-refractivity contribution in [1.82, 2.24) is 9.97 Å². The SMILES string of the molecule is CNc1ncc(C(=O)OC)nc1Cl.N=Cc1ccc(F)cc1. The zero-order valence-electron chi connectivity index (χ0n) is 11.9. The number of benzene rings is 1.